The normalized spacial score (nSPS) is 11.6. The molecule has 7 nitrogen and oxygen atoms in total. The minimum absolute atomic E-state index is 0. The monoisotopic (exact) mass is 492 g/mol. The Morgan fingerprint density at radius 1 is 1.18 bits per heavy atom. The zero-order chi connectivity index (χ0) is 23.4. The van der Waals surface area contributed by atoms with Crippen molar-refractivity contribution >= 4 is 42.4 Å². The second-order valence-corrected chi connectivity index (χ2v) is 8.16. The number of pyridine rings is 2. The molecule has 1 amide bonds. The van der Waals surface area contributed by atoms with Crippen LogP contribution in [0.1, 0.15) is 42.7 Å². The predicted octanol–water partition coefficient (Wildman–Crippen LogP) is 4.32. The van der Waals surface area contributed by atoms with Crippen molar-refractivity contribution in [3.63, 3.8) is 0 Å². The van der Waals surface area contributed by atoms with Crippen molar-refractivity contribution < 1.29 is 14.3 Å². The summed E-state index contributed by atoms with van der Waals surface area (Å²) >= 11 is 6.02. The molecule has 3 rings (SSSR count). The predicted molar refractivity (Wildman–Crippen MR) is 133 cm³/mol. The Morgan fingerprint density at radius 2 is 1.91 bits per heavy atom. The Bertz CT molecular complexity index is 1200. The summed E-state index contributed by atoms with van der Waals surface area (Å²) in [6.45, 7) is 5.27. The molecule has 0 spiro atoms. The number of nitrogens with zero attached hydrogens (tertiary/aromatic N) is 1. The molecule has 0 bridgehead atoms. The van der Waals surface area contributed by atoms with Crippen LogP contribution in [0.4, 0.5) is 15.8 Å². The third-order valence-corrected chi connectivity index (χ3v) is 5.09. The number of rotatable bonds is 7. The van der Waals surface area contributed by atoms with Gasteiger partial charge < -0.3 is 20.7 Å². The van der Waals surface area contributed by atoms with E-state index in [9.17, 15) is 19.1 Å². The smallest absolute Gasteiger partial charge is 0.256 e. The van der Waals surface area contributed by atoms with Gasteiger partial charge in [0.05, 0.1) is 29.1 Å². The van der Waals surface area contributed by atoms with E-state index in [1.807, 2.05) is 13.8 Å². The number of carbonyl (C=O) groups is 1. The van der Waals surface area contributed by atoms with E-state index in [0.29, 0.717) is 22.1 Å². The summed E-state index contributed by atoms with van der Waals surface area (Å²) in [6, 6.07) is 6.73. The minimum atomic E-state index is -0.579. The summed E-state index contributed by atoms with van der Waals surface area (Å²) in [6.07, 6.45) is 2.92. The molecule has 33 heavy (non-hydrogen) atoms. The maximum absolute atomic E-state index is 14.5. The Morgan fingerprint density at radius 3 is 2.58 bits per heavy atom. The highest BCUT2D eigenvalue weighted by atomic mass is 35.5. The molecule has 176 valence electrons. The summed E-state index contributed by atoms with van der Waals surface area (Å²) < 4.78 is 14.5. The molecule has 0 aliphatic heterocycles. The molecule has 10 heteroatoms. The Hall–Kier alpha value is -2.88. The summed E-state index contributed by atoms with van der Waals surface area (Å²) in [5.41, 5.74) is 1.51. The lowest BCUT2D eigenvalue weighted by molar-refractivity contribution is 0.0923. The van der Waals surface area contributed by atoms with Gasteiger partial charge in [0.2, 0.25) is 0 Å². The van der Waals surface area contributed by atoms with E-state index in [-0.39, 0.29) is 42.7 Å². The van der Waals surface area contributed by atoms with Crippen LogP contribution in [0, 0.1) is 5.82 Å². The lowest BCUT2D eigenvalue weighted by atomic mass is 10.0. The zero-order valence-corrected chi connectivity index (χ0v) is 20.1. The van der Waals surface area contributed by atoms with Crippen LogP contribution >= 0.6 is 25.1 Å². The van der Waals surface area contributed by atoms with Crippen molar-refractivity contribution in [3.8, 4) is 11.1 Å². The average molecular weight is 493 g/mol. The van der Waals surface area contributed by atoms with Crippen LogP contribution in [0.5, 0.6) is 0 Å². The van der Waals surface area contributed by atoms with Crippen molar-refractivity contribution in [3.05, 3.63) is 75.2 Å². The standard InChI is InChI=1S/C23H24ClFN4O3.H2S/c1-12(2)21-20(9-16(22(31)29-21)15-8-14(24)4-5-18(15)25)28-19-6-7-26-10-17(19)23(32)27-13(3)11-30;/h4-10,12-13,30H,11H2,1-3H3,(H,26,28)(H,27,32)(H,29,31);1H2/t13-;/m0./s1. The number of aliphatic hydroxyl groups is 1. The Balaban J connectivity index is 0.00000385. The van der Waals surface area contributed by atoms with E-state index in [1.54, 1.807) is 19.1 Å². The van der Waals surface area contributed by atoms with Crippen LogP contribution in [0.25, 0.3) is 11.1 Å². The van der Waals surface area contributed by atoms with Crippen LogP contribution < -0.4 is 16.2 Å². The molecule has 1 atom stereocenters. The van der Waals surface area contributed by atoms with E-state index < -0.39 is 23.3 Å². The number of H-pyrrole nitrogens is 1. The van der Waals surface area contributed by atoms with Gasteiger partial charge in [-0.3, -0.25) is 14.6 Å². The van der Waals surface area contributed by atoms with Crippen LogP contribution in [-0.2, 0) is 0 Å². The van der Waals surface area contributed by atoms with Gasteiger partial charge in [0.1, 0.15) is 5.82 Å². The van der Waals surface area contributed by atoms with Crippen molar-refractivity contribution in [2.75, 3.05) is 11.9 Å². The average Bonchev–Trinajstić information content (AvgIpc) is 2.76. The molecule has 0 unspecified atom stereocenters. The molecular formula is C23H26ClFN4O3S. The Kier molecular flexibility index (Phi) is 9.04. The van der Waals surface area contributed by atoms with E-state index in [1.165, 1.54) is 30.6 Å². The highest BCUT2D eigenvalue weighted by molar-refractivity contribution is 7.59. The number of benzene rings is 1. The largest absolute Gasteiger partial charge is 0.394 e. The number of hydrogen-bond acceptors (Lipinski definition) is 5. The Labute approximate surface area is 202 Å². The highest BCUT2D eigenvalue weighted by Gasteiger charge is 2.19. The molecule has 2 aromatic heterocycles. The van der Waals surface area contributed by atoms with Gasteiger partial charge in [-0.2, -0.15) is 13.5 Å². The molecule has 0 aliphatic rings. The number of halogens is 2. The highest BCUT2D eigenvalue weighted by Crippen LogP contribution is 2.31. The molecule has 0 saturated heterocycles. The molecule has 0 saturated carbocycles. The quantitative estimate of drug-likeness (QED) is 0.393. The van der Waals surface area contributed by atoms with E-state index in [2.05, 4.69) is 20.6 Å². The van der Waals surface area contributed by atoms with Gasteiger partial charge in [-0.1, -0.05) is 25.4 Å². The second kappa shape index (κ2) is 11.3. The van der Waals surface area contributed by atoms with Gasteiger partial charge in [-0.25, -0.2) is 4.39 Å². The number of amides is 1. The van der Waals surface area contributed by atoms with Gasteiger partial charge >= 0.3 is 0 Å². The van der Waals surface area contributed by atoms with Crippen molar-refractivity contribution in [2.45, 2.75) is 32.7 Å². The molecule has 3 aromatic rings. The summed E-state index contributed by atoms with van der Waals surface area (Å²) in [7, 11) is 0. The lowest BCUT2D eigenvalue weighted by Crippen LogP contribution is -2.35. The number of aromatic amines is 1. The van der Waals surface area contributed by atoms with Crippen LogP contribution in [0.2, 0.25) is 5.02 Å². The third-order valence-electron chi connectivity index (χ3n) is 4.85. The zero-order valence-electron chi connectivity index (χ0n) is 18.4. The fraction of sp³-hybridized carbons (Fsp3) is 0.261. The fourth-order valence-corrected chi connectivity index (χ4v) is 3.36. The lowest BCUT2D eigenvalue weighted by Gasteiger charge is -2.18. The summed E-state index contributed by atoms with van der Waals surface area (Å²) in [5, 5.41) is 15.4. The van der Waals surface area contributed by atoms with Crippen LogP contribution in [0.15, 0.2) is 47.5 Å². The fourth-order valence-electron chi connectivity index (χ4n) is 3.18. The number of carbonyl (C=O) groups excluding carboxylic acids is 1. The number of aliphatic hydroxyl groups excluding tert-OH is 1. The SMILES string of the molecule is CC(C)c1[nH]c(=O)c(-c2cc(Cl)ccc2F)cc1Nc1ccncc1C(=O)N[C@@H](C)CO.S. The molecule has 0 fully saturated rings. The third kappa shape index (κ3) is 6.13. The van der Waals surface area contributed by atoms with Crippen molar-refractivity contribution in [1.82, 2.24) is 15.3 Å². The molecular weight excluding hydrogens is 467 g/mol. The van der Waals surface area contributed by atoms with Crippen molar-refractivity contribution in [1.29, 1.82) is 0 Å². The first-order valence-electron chi connectivity index (χ1n) is 10.1. The van der Waals surface area contributed by atoms with Crippen molar-refractivity contribution in [2.24, 2.45) is 0 Å². The first-order valence-corrected chi connectivity index (χ1v) is 10.4. The van der Waals surface area contributed by atoms with E-state index in [0.717, 1.165) is 0 Å². The van der Waals surface area contributed by atoms with Gasteiger partial charge in [0.25, 0.3) is 11.5 Å². The van der Waals surface area contributed by atoms with Crippen LogP contribution in [0.3, 0.4) is 0 Å². The topological polar surface area (TPSA) is 107 Å². The molecule has 2 heterocycles. The van der Waals surface area contributed by atoms with Gasteiger partial charge in [0.15, 0.2) is 0 Å². The van der Waals surface area contributed by atoms with E-state index in [4.69, 9.17) is 11.6 Å². The number of hydrogen-bond donors (Lipinski definition) is 4. The number of anilines is 2. The maximum atomic E-state index is 14.5. The minimum Gasteiger partial charge on any atom is -0.394 e. The van der Waals surface area contributed by atoms with Gasteiger partial charge in [0, 0.05) is 34.7 Å². The van der Waals surface area contributed by atoms with Crippen LogP contribution in [-0.4, -0.2) is 33.6 Å². The number of nitrogens with one attached hydrogen (secondary N) is 3. The maximum Gasteiger partial charge on any atom is 0.256 e. The van der Waals surface area contributed by atoms with E-state index >= 15 is 0 Å². The van der Waals surface area contributed by atoms with Gasteiger partial charge in [-0.05, 0) is 43.2 Å². The molecule has 0 aliphatic carbocycles. The molecule has 0 radical (unpaired) electrons. The second-order valence-electron chi connectivity index (χ2n) is 7.72. The first-order chi connectivity index (χ1) is 15.2. The summed E-state index contributed by atoms with van der Waals surface area (Å²) in [4.78, 5) is 32.2. The van der Waals surface area contributed by atoms with Gasteiger partial charge in [-0.15, -0.1) is 0 Å². The molecule has 1 aromatic carbocycles. The number of aromatic nitrogens is 2. The summed E-state index contributed by atoms with van der Waals surface area (Å²) in [5.74, 6) is -1.07. The molecule has 4 N–H and O–H groups in total. The first kappa shape index (κ1) is 26.4.